The molecule has 0 spiro atoms. The molecule has 7 heteroatoms. The molecule has 1 atom stereocenters. The number of hydrogen-bond acceptors (Lipinski definition) is 4. The molecule has 1 saturated heterocycles. The summed E-state index contributed by atoms with van der Waals surface area (Å²) in [6.45, 7) is 4.70. The van der Waals surface area contributed by atoms with Crippen LogP contribution in [-0.2, 0) is 29.2 Å². The number of piperidine rings is 1. The van der Waals surface area contributed by atoms with Crippen molar-refractivity contribution in [1.29, 1.82) is 0 Å². The smallest absolute Gasteiger partial charge is 0.274 e. The predicted octanol–water partition coefficient (Wildman–Crippen LogP) is 3.63. The van der Waals surface area contributed by atoms with Gasteiger partial charge in [-0.2, -0.15) is 0 Å². The summed E-state index contributed by atoms with van der Waals surface area (Å²) >= 11 is 0. The SMILES string of the molecule is Cc1ccccc1CNC(=O)C1CCN(C(=O)c2ncn3c2CO[C@H](c2ccccc2)C3)CC1. The molecule has 2 aliphatic rings. The third kappa shape index (κ3) is 4.61. The topological polar surface area (TPSA) is 76.5 Å². The van der Waals surface area contributed by atoms with Crippen LogP contribution in [0, 0.1) is 12.8 Å². The van der Waals surface area contributed by atoms with E-state index < -0.39 is 0 Å². The summed E-state index contributed by atoms with van der Waals surface area (Å²) in [5.74, 6) is -0.0803. The Labute approximate surface area is 199 Å². The molecule has 1 N–H and O–H groups in total. The number of aryl methyl sites for hydroxylation is 1. The Morgan fingerprint density at radius 3 is 2.56 bits per heavy atom. The Kier molecular flexibility index (Phi) is 6.45. The van der Waals surface area contributed by atoms with E-state index in [1.165, 1.54) is 5.56 Å². The summed E-state index contributed by atoms with van der Waals surface area (Å²) in [6.07, 6.45) is 3.02. The highest BCUT2D eigenvalue weighted by Crippen LogP contribution is 2.28. The third-order valence-corrected chi connectivity index (χ3v) is 6.97. The molecule has 0 saturated carbocycles. The van der Waals surface area contributed by atoms with Crippen molar-refractivity contribution in [3.8, 4) is 0 Å². The van der Waals surface area contributed by atoms with Crippen LogP contribution in [-0.4, -0.2) is 39.4 Å². The first-order valence-electron chi connectivity index (χ1n) is 11.9. The molecule has 34 heavy (non-hydrogen) atoms. The number of amides is 2. The normalized spacial score (nSPS) is 18.4. The second-order valence-corrected chi connectivity index (χ2v) is 9.11. The summed E-state index contributed by atoms with van der Waals surface area (Å²) in [6, 6.07) is 18.2. The minimum atomic E-state index is -0.0747. The molecule has 1 fully saturated rings. The van der Waals surface area contributed by atoms with E-state index in [4.69, 9.17) is 4.74 Å². The maximum Gasteiger partial charge on any atom is 0.274 e. The highest BCUT2D eigenvalue weighted by Gasteiger charge is 2.32. The first kappa shape index (κ1) is 22.3. The fourth-order valence-electron chi connectivity index (χ4n) is 4.80. The molecular weight excluding hydrogens is 428 g/mol. The maximum absolute atomic E-state index is 13.2. The zero-order valence-electron chi connectivity index (χ0n) is 19.4. The molecule has 3 aromatic rings. The van der Waals surface area contributed by atoms with Gasteiger partial charge in [0.25, 0.3) is 5.91 Å². The van der Waals surface area contributed by atoms with E-state index in [1.54, 1.807) is 6.33 Å². The summed E-state index contributed by atoms with van der Waals surface area (Å²) in [5.41, 5.74) is 4.72. The van der Waals surface area contributed by atoms with Crippen LogP contribution in [0.4, 0.5) is 0 Å². The van der Waals surface area contributed by atoms with Crippen LogP contribution in [0.2, 0.25) is 0 Å². The van der Waals surface area contributed by atoms with Crippen molar-refractivity contribution >= 4 is 11.8 Å². The number of rotatable bonds is 5. The summed E-state index contributed by atoms with van der Waals surface area (Å²) in [7, 11) is 0. The van der Waals surface area contributed by atoms with Crippen molar-refractivity contribution in [3.63, 3.8) is 0 Å². The largest absolute Gasteiger partial charge is 0.365 e. The van der Waals surface area contributed by atoms with Crippen LogP contribution >= 0.6 is 0 Å². The van der Waals surface area contributed by atoms with Gasteiger partial charge in [-0.15, -0.1) is 0 Å². The van der Waals surface area contributed by atoms with Crippen molar-refractivity contribution in [2.75, 3.05) is 13.1 Å². The monoisotopic (exact) mass is 458 g/mol. The van der Waals surface area contributed by atoms with Crippen molar-refractivity contribution in [2.24, 2.45) is 5.92 Å². The number of ether oxygens (including phenoxy) is 1. The molecule has 0 radical (unpaired) electrons. The van der Waals surface area contributed by atoms with Crippen molar-refractivity contribution < 1.29 is 14.3 Å². The quantitative estimate of drug-likeness (QED) is 0.634. The Morgan fingerprint density at radius 1 is 1.06 bits per heavy atom. The van der Waals surface area contributed by atoms with E-state index in [0.29, 0.717) is 51.3 Å². The number of imidazole rings is 1. The van der Waals surface area contributed by atoms with Crippen LogP contribution < -0.4 is 5.32 Å². The van der Waals surface area contributed by atoms with Crippen LogP contribution in [0.3, 0.4) is 0 Å². The van der Waals surface area contributed by atoms with Gasteiger partial charge in [-0.05, 0) is 36.5 Å². The maximum atomic E-state index is 13.2. The van der Waals surface area contributed by atoms with Gasteiger partial charge in [-0.3, -0.25) is 9.59 Å². The second-order valence-electron chi connectivity index (χ2n) is 9.11. The van der Waals surface area contributed by atoms with Gasteiger partial charge in [0, 0.05) is 25.6 Å². The average molecular weight is 459 g/mol. The van der Waals surface area contributed by atoms with Crippen LogP contribution in [0.25, 0.3) is 0 Å². The number of fused-ring (bicyclic) bond motifs is 1. The van der Waals surface area contributed by atoms with Crippen molar-refractivity contribution in [3.05, 3.63) is 89.0 Å². The van der Waals surface area contributed by atoms with Crippen LogP contribution in [0.1, 0.15) is 51.8 Å². The van der Waals surface area contributed by atoms with Gasteiger partial charge in [0.15, 0.2) is 5.69 Å². The second kappa shape index (κ2) is 9.81. The minimum absolute atomic E-state index is 0.0419. The van der Waals surface area contributed by atoms with Gasteiger partial charge in [-0.25, -0.2) is 4.98 Å². The highest BCUT2D eigenvalue weighted by molar-refractivity contribution is 5.93. The molecule has 7 nitrogen and oxygen atoms in total. The molecule has 0 unspecified atom stereocenters. The molecule has 2 amide bonds. The third-order valence-electron chi connectivity index (χ3n) is 6.97. The van der Waals surface area contributed by atoms with Crippen molar-refractivity contribution in [1.82, 2.24) is 19.8 Å². The number of likely N-dealkylation sites (tertiary alicyclic amines) is 1. The number of benzene rings is 2. The fourth-order valence-corrected chi connectivity index (χ4v) is 4.80. The zero-order chi connectivity index (χ0) is 23.5. The minimum Gasteiger partial charge on any atom is -0.365 e. The van der Waals surface area contributed by atoms with Gasteiger partial charge < -0.3 is 19.5 Å². The zero-order valence-corrected chi connectivity index (χ0v) is 19.4. The van der Waals surface area contributed by atoms with Gasteiger partial charge in [0.2, 0.25) is 5.91 Å². The highest BCUT2D eigenvalue weighted by atomic mass is 16.5. The lowest BCUT2D eigenvalue weighted by atomic mass is 9.95. The lowest BCUT2D eigenvalue weighted by molar-refractivity contribution is -0.126. The summed E-state index contributed by atoms with van der Waals surface area (Å²) in [5, 5.41) is 3.07. The van der Waals surface area contributed by atoms with E-state index >= 15 is 0 Å². The van der Waals surface area contributed by atoms with Crippen molar-refractivity contribution in [2.45, 2.75) is 45.6 Å². The summed E-state index contributed by atoms with van der Waals surface area (Å²) < 4.78 is 8.09. The Balaban J connectivity index is 1.16. The lowest BCUT2D eigenvalue weighted by Gasteiger charge is -2.31. The first-order valence-corrected chi connectivity index (χ1v) is 11.9. The summed E-state index contributed by atoms with van der Waals surface area (Å²) in [4.78, 5) is 32.1. The molecule has 0 bridgehead atoms. The van der Waals surface area contributed by atoms with E-state index in [0.717, 1.165) is 16.8 Å². The fraction of sp³-hybridized carbons (Fsp3) is 0.370. The number of hydrogen-bond donors (Lipinski definition) is 1. The molecule has 0 aliphatic carbocycles. The standard InChI is InChI=1S/C27H30N4O3/c1-19-7-5-6-10-22(19)15-28-26(32)21-11-13-30(14-12-21)27(33)25-23-17-34-24(16-31(23)18-29-25)20-8-3-2-4-9-20/h2-10,18,21,24H,11-17H2,1H3,(H,28,32)/t24-/m0/s1. The van der Waals surface area contributed by atoms with Crippen LogP contribution in [0.15, 0.2) is 60.9 Å². The van der Waals surface area contributed by atoms with Crippen LogP contribution in [0.5, 0.6) is 0 Å². The Bertz CT molecular complexity index is 1170. The van der Waals surface area contributed by atoms with Gasteiger partial charge in [0.1, 0.15) is 6.10 Å². The van der Waals surface area contributed by atoms with E-state index in [9.17, 15) is 9.59 Å². The number of carbonyl (C=O) groups excluding carboxylic acids is 2. The average Bonchev–Trinajstić information content (AvgIpc) is 3.31. The molecule has 1 aromatic heterocycles. The number of nitrogens with zero attached hydrogens (tertiary/aromatic N) is 3. The molecule has 176 valence electrons. The van der Waals surface area contributed by atoms with E-state index in [-0.39, 0.29) is 23.8 Å². The van der Waals surface area contributed by atoms with E-state index in [1.807, 2.05) is 58.9 Å². The Morgan fingerprint density at radius 2 is 1.79 bits per heavy atom. The molecule has 2 aliphatic heterocycles. The predicted molar refractivity (Wildman–Crippen MR) is 128 cm³/mol. The number of aromatic nitrogens is 2. The first-order chi connectivity index (χ1) is 16.6. The molecule has 3 heterocycles. The van der Waals surface area contributed by atoms with Gasteiger partial charge in [0.05, 0.1) is 25.2 Å². The van der Waals surface area contributed by atoms with Gasteiger partial charge >= 0.3 is 0 Å². The molecule has 2 aromatic carbocycles. The number of carbonyl (C=O) groups is 2. The Hall–Kier alpha value is -3.45. The lowest BCUT2D eigenvalue weighted by Crippen LogP contribution is -2.43. The number of nitrogens with one attached hydrogen (secondary N) is 1. The molecular formula is C27H30N4O3. The van der Waals surface area contributed by atoms with E-state index in [2.05, 4.69) is 22.4 Å². The van der Waals surface area contributed by atoms with Gasteiger partial charge in [-0.1, -0.05) is 54.6 Å². The molecule has 5 rings (SSSR count).